The molecule has 1 unspecified atom stereocenters. The molecule has 0 fully saturated rings. The summed E-state index contributed by atoms with van der Waals surface area (Å²) in [7, 11) is 1.64. The van der Waals surface area contributed by atoms with Crippen molar-refractivity contribution in [3.8, 4) is 0 Å². The first-order valence-corrected chi connectivity index (χ1v) is 7.77. The highest BCUT2D eigenvalue weighted by Crippen LogP contribution is 2.15. The van der Waals surface area contributed by atoms with E-state index in [1.54, 1.807) is 31.3 Å². The minimum atomic E-state index is -0.199. The van der Waals surface area contributed by atoms with Crippen LogP contribution in [-0.4, -0.2) is 34.9 Å². The maximum Gasteiger partial charge on any atom is 0.272 e. The van der Waals surface area contributed by atoms with Gasteiger partial charge < -0.3 is 0 Å². The Bertz CT molecular complexity index is 656. The van der Waals surface area contributed by atoms with Gasteiger partial charge in [-0.3, -0.25) is 14.6 Å². The Morgan fingerprint density at radius 3 is 1.74 bits per heavy atom. The highest BCUT2D eigenvalue weighted by molar-refractivity contribution is 5.99. The second kappa shape index (κ2) is 7.58. The lowest BCUT2D eigenvalue weighted by Gasteiger charge is -2.36. The van der Waals surface area contributed by atoms with E-state index in [0.717, 1.165) is 6.42 Å². The predicted octanol–water partition coefficient (Wildman–Crippen LogP) is 3.61. The molecule has 120 valence electrons. The SMILES string of the molecule is CCC(C)N(C(=O)c1ccccc1)N(C)C(=O)c1ccccc1. The summed E-state index contributed by atoms with van der Waals surface area (Å²) in [5, 5.41) is 2.95. The van der Waals surface area contributed by atoms with Crippen molar-refractivity contribution in [2.75, 3.05) is 7.05 Å². The summed E-state index contributed by atoms with van der Waals surface area (Å²) in [5.41, 5.74) is 1.13. The van der Waals surface area contributed by atoms with Crippen LogP contribution in [0.15, 0.2) is 60.7 Å². The molecule has 2 amide bonds. The molecular formula is C19H22N2O2. The first kappa shape index (κ1) is 16.7. The van der Waals surface area contributed by atoms with Crippen molar-refractivity contribution in [2.24, 2.45) is 0 Å². The molecule has 4 heteroatoms. The maximum absolute atomic E-state index is 12.9. The molecule has 0 spiro atoms. The number of nitrogens with zero attached hydrogens (tertiary/aromatic N) is 2. The first-order valence-electron chi connectivity index (χ1n) is 7.77. The molecule has 0 aliphatic carbocycles. The van der Waals surface area contributed by atoms with Gasteiger partial charge in [-0.15, -0.1) is 0 Å². The number of benzene rings is 2. The zero-order valence-corrected chi connectivity index (χ0v) is 13.8. The van der Waals surface area contributed by atoms with Crippen LogP contribution in [0.1, 0.15) is 41.0 Å². The van der Waals surface area contributed by atoms with Gasteiger partial charge in [0.2, 0.25) is 0 Å². The smallest absolute Gasteiger partial charge is 0.267 e. The van der Waals surface area contributed by atoms with Crippen LogP contribution < -0.4 is 0 Å². The number of hydrogen-bond acceptors (Lipinski definition) is 2. The Kier molecular flexibility index (Phi) is 5.52. The van der Waals surface area contributed by atoms with Crippen molar-refractivity contribution < 1.29 is 9.59 Å². The zero-order valence-electron chi connectivity index (χ0n) is 13.8. The van der Waals surface area contributed by atoms with E-state index in [1.807, 2.05) is 50.2 Å². The topological polar surface area (TPSA) is 40.6 Å². The summed E-state index contributed by atoms with van der Waals surface area (Å²) in [6, 6.07) is 17.9. The summed E-state index contributed by atoms with van der Waals surface area (Å²) in [4.78, 5) is 25.5. The number of carbonyl (C=O) groups excluding carboxylic acids is 2. The third-order valence-corrected chi connectivity index (χ3v) is 3.88. The molecule has 0 saturated heterocycles. The molecule has 2 aromatic rings. The van der Waals surface area contributed by atoms with Gasteiger partial charge in [-0.25, -0.2) is 5.01 Å². The van der Waals surface area contributed by atoms with Gasteiger partial charge in [-0.1, -0.05) is 43.3 Å². The molecule has 4 nitrogen and oxygen atoms in total. The molecule has 2 aromatic carbocycles. The van der Waals surface area contributed by atoms with E-state index in [4.69, 9.17) is 0 Å². The molecule has 0 heterocycles. The molecule has 0 aromatic heterocycles. The number of carbonyl (C=O) groups is 2. The highest BCUT2D eigenvalue weighted by atomic mass is 16.2. The van der Waals surface area contributed by atoms with Crippen LogP contribution in [0.3, 0.4) is 0 Å². The molecule has 0 radical (unpaired) electrons. The fourth-order valence-corrected chi connectivity index (χ4v) is 2.38. The van der Waals surface area contributed by atoms with Gasteiger partial charge in [0.1, 0.15) is 0 Å². The van der Waals surface area contributed by atoms with Crippen molar-refractivity contribution in [1.29, 1.82) is 0 Å². The van der Waals surface area contributed by atoms with E-state index in [-0.39, 0.29) is 17.9 Å². The second-order valence-corrected chi connectivity index (χ2v) is 5.47. The largest absolute Gasteiger partial charge is 0.272 e. The van der Waals surface area contributed by atoms with Crippen molar-refractivity contribution >= 4 is 11.8 Å². The van der Waals surface area contributed by atoms with Crippen LogP contribution in [0.25, 0.3) is 0 Å². The van der Waals surface area contributed by atoms with Gasteiger partial charge in [0.15, 0.2) is 0 Å². The quantitative estimate of drug-likeness (QED) is 0.809. The van der Waals surface area contributed by atoms with E-state index >= 15 is 0 Å². The van der Waals surface area contributed by atoms with E-state index in [2.05, 4.69) is 0 Å². The van der Waals surface area contributed by atoms with Crippen LogP contribution in [0, 0.1) is 0 Å². The molecule has 23 heavy (non-hydrogen) atoms. The Morgan fingerprint density at radius 2 is 1.30 bits per heavy atom. The summed E-state index contributed by atoms with van der Waals surface area (Å²) >= 11 is 0. The molecular weight excluding hydrogens is 288 g/mol. The van der Waals surface area contributed by atoms with Gasteiger partial charge in [0.05, 0.1) is 6.04 Å². The minimum Gasteiger partial charge on any atom is -0.267 e. The summed E-state index contributed by atoms with van der Waals surface area (Å²) < 4.78 is 0. The molecule has 0 aliphatic rings. The minimum absolute atomic E-state index is 0.0830. The third-order valence-electron chi connectivity index (χ3n) is 3.88. The summed E-state index contributed by atoms with van der Waals surface area (Å²) in [5.74, 6) is -0.373. The monoisotopic (exact) mass is 310 g/mol. The van der Waals surface area contributed by atoms with Crippen molar-refractivity contribution in [2.45, 2.75) is 26.3 Å². The first-order chi connectivity index (χ1) is 11.1. The average molecular weight is 310 g/mol. The lowest BCUT2D eigenvalue weighted by Crippen LogP contribution is -2.51. The Labute approximate surface area is 137 Å². The predicted molar refractivity (Wildman–Crippen MR) is 90.9 cm³/mol. The number of hydrogen-bond donors (Lipinski definition) is 0. The van der Waals surface area contributed by atoms with E-state index in [0.29, 0.717) is 11.1 Å². The summed E-state index contributed by atoms with van der Waals surface area (Å²) in [6.07, 6.45) is 0.755. The Hall–Kier alpha value is -2.62. The van der Waals surface area contributed by atoms with Crippen molar-refractivity contribution in [3.63, 3.8) is 0 Å². The molecule has 0 bridgehead atoms. The lowest BCUT2D eigenvalue weighted by atomic mass is 10.1. The van der Waals surface area contributed by atoms with Crippen LogP contribution >= 0.6 is 0 Å². The Morgan fingerprint density at radius 1 is 0.870 bits per heavy atom. The molecule has 0 N–H and O–H groups in total. The molecule has 2 rings (SSSR count). The average Bonchev–Trinajstić information content (AvgIpc) is 2.62. The molecule has 0 saturated carbocycles. The molecule has 0 aliphatic heterocycles. The van der Waals surface area contributed by atoms with Crippen LogP contribution in [0.4, 0.5) is 0 Å². The van der Waals surface area contributed by atoms with Crippen LogP contribution in [-0.2, 0) is 0 Å². The number of amides is 2. The van der Waals surface area contributed by atoms with Crippen LogP contribution in [0.5, 0.6) is 0 Å². The van der Waals surface area contributed by atoms with E-state index in [9.17, 15) is 9.59 Å². The maximum atomic E-state index is 12.9. The van der Waals surface area contributed by atoms with Gasteiger partial charge in [0.25, 0.3) is 11.8 Å². The van der Waals surface area contributed by atoms with Gasteiger partial charge in [0, 0.05) is 18.2 Å². The summed E-state index contributed by atoms with van der Waals surface area (Å²) in [6.45, 7) is 3.94. The van der Waals surface area contributed by atoms with Crippen molar-refractivity contribution in [1.82, 2.24) is 10.0 Å². The van der Waals surface area contributed by atoms with Gasteiger partial charge >= 0.3 is 0 Å². The van der Waals surface area contributed by atoms with Gasteiger partial charge in [-0.2, -0.15) is 0 Å². The number of hydrazine groups is 1. The van der Waals surface area contributed by atoms with Crippen molar-refractivity contribution in [3.05, 3.63) is 71.8 Å². The molecule has 1 atom stereocenters. The third kappa shape index (κ3) is 3.77. The lowest BCUT2D eigenvalue weighted by molar-refractivity contribution is -0.00879. The second-order valence-electron chi connectivity index (χ2n) is 5.47. The zero-order chi connectivity index (χ0) is 16.8. The standard InChI is InChI=1S/C19H22N2O2/c1-4-15(2)21(19(23)17-13-9-6-10-14-17)20(3)18(22)16-11-7-5-8-12-16/h5-15H,4H2,1-3H3. The van der Waals surface area contributed by atoms with Crippen LogP contribution in [0.2, 0.25) is 0 Å². The highest BCUT2D eigenvalue weighted by Gasteiger charge is 2.28. The van der Waals surface area contributed by atoms with Gasteiger partial charge in [-0.05, 0) is 37.6 Å². The number of rotatable bonds is 4. The van der Waals surface area contributed by atoms with E-state index in [1.165, 1.54) is 10.0 Å². The Balaban J connectivity index is 2.31. The fraction of sp³-hybridized carbons (Fsp3) is 0.263. The normalized spacial score (nSPS) is 11.6. The fourth-order valence-electron chi connectivity index (χ4n) is 2.38. The van der Waals surface area contributed by atoms with E-state index < -0.39 is 0 Å².